The van der Waals surface area contributed by atoms with Gasteiger partial charge in [0.2, 0.25) is 0 Å². The molecule has 0 spiro atoms. The van der Waals surface area contributed by atoms with Gasteiger partial charge >= 0.3 is 0 Å². The van der Waals surface area contributed by atoms with Crippen molar-refractivity contribution in [3.8, 4) is 0 Å². The van der Waals surface area contributed by atoms with Gasteiger partial charge in [-0.1, -0.05) is 31.9 Å². The highest BCUT2D eigenvalue weighted by molar-refractivity contribution is 6.33. The molecule has 0 atom stereocenters. The summed E-state index contributed by atoms with van der Waals surface area (Å²) in [5.74, 6) is 0.970. The summed E-state index contributed by atoms with van der Waals surface area (Å²) >= 11 is 6.42. The van der Waals surface area contributed by atoms with Gasteiger partial charge in [-0.25, -0.2) is 4.98 Å². The second-order valence-electron chi connectivity index (χ2n) is 5.21. The molecule has 106 valence electrons. The fourth-order valence-corrected chi connectivity index (χ4v) is 2.52. The highest BCUT2D eigenvalue weighted by atomic mass is 35.5. The van der Waals surface area contributed by atoms with Gasteiger partial charge in [-0.2, -0.15) is 0 Å². The van der Waals surface area contributed by atoms with Crippen molar-refractivity contribution >= 4 is 17.4 Å². The molecule has 1 heterocycles. The number of aromatic nitrogens is 1. The zero-order chi connectivity index (χ0) is 13.7. The maximum atomic E-state index is 6.42. The first-order chi connectivity index (χ1) is 9.26. The molecular formula is C15H24ClN3. The lowest BCUT2D eigenvalue weighted by atomic mass is 10.2. The predicted molar refractivity (Wildman–Crippen MR) is 81.9 cm³/mol. The van der Waals surface area contributed by atoms with Crippen molar-refractivity contribution in [2.24, 2.45) is 0 Å². The summed E-state index contributed by atoms with van der Waals surface area (Å²) in [7, 11) is 0. The molecule has 0 saturated heterocycles. The van der Waals surface area contributed by atoms with Crippen LogP contribution in [0.5, 0.6) is 0 Å². The Labute approximate surface area is 121 Å². The van der Waals surface area contributed by atoms with Crippen molar-refractivity contribution in [1.29, 1.82) is 0 Å². The summed E-state index contributed by atoms with van der Waals surface area (Å²) in [5, 5.41) is 4.09. The number of pyridine rings is 1. The molecule has 0 radical (unpaired) electrons. The lowest BCUT2D eigenvalue weighted by Gasteiger charge is -2.24. The van der Waals surface area contributed by atoms with E-state index in [9.17, 15) is 0 Å². The molecule has 1 N–H and O–H groups in total. The molecule has 4 heteroatoms. The third-order valence-corrected chi connectivity index (χ3v) is 3.75. The summed E-state index contributed by atoms with van der Waals surface area (Å²) in [6.07, 6.45) is 6.92. The van der Waals surface area contributed by atoms with Crippen LogP contribution in [0, 0.1) is 0 Å². The number of hydrogen-bond donors (Lipinski definition) is 1. The Balaban J connectivity index is 2.08. The minimum Gasteiger partial charge on any atom is -0.352 e. The van der Waals surface area contributed by atoms with Crippen LogP contribution in [-0.4, -0.2) is 24.1 Å². The number of unbranched alkanes of at least 4 members (excludes halogenated alkanes) is 1. The van der Waals surface area contributed by atoms with E-state index in [2.05, 4.69) is 29.0 Å². The zero-order valence-corrected chi connectivity index (χ0v) is 12.7. The monoisotopic (exact) mass is 281 g/mol. The van der Waals surface area contributed by atoms with E-state index < -0.39 is 0 Å². The van der Waals surface area contributed by atoms with Gasteiger partial charge in [0.1, 0.15) is 5.82 Å². The van der Waals surface area contributed by atoms with E-state index in [-0.39, 0.29) is 0 Å². The van der Waals surface area contributed by atoms with E-state index in [0.29, 0.717) is 6.04 Å². The Morgan fingerprint density at radius 1 is 1.42 bits per heavy atom. The van der Waals surface area contributed by atoms with Gasteiger partial charge in [0.15, 0.2) is 0 Å². The maximum Gasteiger partial charge on any atom is 0.147 e. The largest absolute Gasteiger partial charge is 0.352 e. The Hall–Kier alpha value is -0.800. The van der Waals surface area contributed by atoms with Crippen LogP contribution in [0.25, 0.3) is 0 Å². The quantitative estimate of drug-likeness (QED) is 0.789. The fraction of sp³-hybridized carbons (Fsp3) is 0.667. The van der Waals surface area contributed by atoms with Crippen LogP contribution in [-0.2, 0) is 6.54 Å². The molecule has 0 bridgehead atoms. The number of hydrogen-bond acceptors (Lipinski definition) is 3. The third-order valence-electron chi connectivity index (χ3n) is 3.47. The summed E-state index contributed by atoms with van der Waals surface area (Å²) in [4.78, 5) is 6.99. The van der Waals surface area contributed by atoms with Crippen LogP contribution >= 0.6 is 11.6 Å². The molecule has 0 unspecified atom stereocenters. The number of anilines is 1. The Bertz CT molecular complexity index is 404. The van der Waals surface area contributed by atoms with Gasteiger partial charge in [0.05, 0.1) is 5.02 Å². The van der Waals surface area contributed by atoms with E-state index in [1.54, 1.807) is 0 Å². The van der Waals surface area contributed by atoms with Crippen LogP contribution in [0.3, 0.4) is 0 Å². The number of nitrogens with one attached hydrogen (secondary N) is 1. The van der Waals surface area contributed by atoms with Gasteiger partial charge in [0.25, 0.3) is 0 Å². The van der Waals surface area contributed by atoms with E-state index in [1.807, 2.05) is 12.3 Å². The summed E-state index contributed by atoms with van der Waals surface area (Å²) in [6, 6.07) is 2.71. The Kier molecular flexibility index (Phi) is 5.46. The normalized spacial score (nSPS) is 14.7. The number of nitrogens with zero attached hydrogens (tertiary/aromatic N) is 2. The van der Waals surface area contributed by atoms with E-state index in [1.165, 1.54) is 25.7 Å². The maximum absolute atomic E-state index is 6.42. The number of halogens is 1. The first-order valence-corrected chi connectivity index (χ1v) is 7.75. The summed E-state index contributed by atoms with van der Waals surface area (Å²) in [6.45, 7) is 7.19. The van der Waals surface area contributed by atoms with Crippen molar-refractivity contribution < 1.29 is 0 Å². The van der Waals surface area contributed by atoms with Crippen LogP contribution in [0.15, 0.2) is 12.3 Å². The van der Waals surface area contributed by atoms with E-state index >= 15 is 0 Å². The minimum atomic E-state index is 0.663. The molecule has 1 saturated carbocycles. The Morgan fingerprint density at radius 2 is 2.21 bits per heavy atom. The third kappa shape index (κ3) is 4.08. The van der Waals surface area contributed by atoms with E-state index in [0.717, 1.165) is 36.0 Å². The van der Waals surface area contributed by atoms with Gasteiger partial charge in [-0.05, 0) is 37.4 Å². The summed E-state index contributed by atoms with van der Waals surface area (Å²) in [5.41, 5.74) is 1.15. The smallest absolute Gasteiger partial charge is 0.147 e. The van der Waals surface area contributed by atoms with Gasteiger partial charge in [0, 0.05) is 25.3 Å². The van der Waals surface area contributed by atoms with Crippen LogP contribution < -0.4 is 10.2 Å². The molecule has 0 aliphatic heterocycles. The lowest BCUT2D eigenvalue weighted by Crippen LogP contribution is -2.28. The second-order valence-corrected chi connectivity index (χ2v) is 5.61. The standard InChI is InChI=1S/C15H24ClN3/c1-3-5-8-19(13-6-7-13)15-14(16)9-12(11-18-15)10-17-4-2/h9,11,13,17H,3-8,10H2,1-2H3. The summed E-state index contributed by atoms with van der Waals surface area (Å²) < 4.78 is 0. The molecule has 19 heavy (non-hydrogen) atoms. The van der Waals surface area contributed by atoms with Gasteiger partial charge in [-0.15, -0.1) is 0 Å². The molecule has 3 nitrogen and oxygen atoms in total. The van der Waals surface area contributed by atoms with E-state index in [4.69, 9.17) is 11.6 Å². The highest BCUT2D eigenvalue weighted by Gasteiger charge is 2.30. The average Bonchev–Trinajstić information content (AvgIpc) is 3.23. The molecule has 0 amide bonds. The molecule has 1 aromatic heterocycles. The molecule has 2 rings (SSSR count). The lowest BCUT2D eigenvalue weighted by molar-refractivity contribution is 0.700. The zero-order valence-electron chi connectivity index (χ0n) is 12.0. The first kappa shape index (κ1) is 14.6. The molecule has 1 aliphatic carbocycles. The van der Waals surface area contributed by atoms with Crippen molar-refractivity contribution in [2.45, 2.75) is 52.1 Å². The van der Waals surface area contributed by atoms with Crippen molar-refractivity contribution in [3.05, 3.63) is 22.8 Å². The van der Waals surface area contributed by atoms with Crippen LogP contribution in [0.2, 0.25) is 5.02 Å². The average molecular weight is 282 g/mol. The predicted octanol–water partition coefficient (Wildman–Crippen LogP) is 3.61. The fourth-order valence-electron chi connectivity index (χ4n) is 2.22. The van der Waals surface area contributed by atoms with Crippen molar-refractivity contribution in [2.75, 3.05) is 18.0 Å². The molecule has 1 fully saturated rings. The van der Waals surface area contributed by atoms with Crippen molar-refractivity contribution in [3.63, 3.8) is 0 Å². The minimum absolute atomic E-state index is 0.663. The van der Waals surface area contributed by atoms with Crippen LogP contribution in [0.1, 0.15) is 45.1 Å². The van der Waals surface area contributed by atoms with Crippen molar-refractivity contribution in [1.82, 2.24) is 10.3 Å². The van der Waals surface area contributed by atoms with Crippen LogP contribution in [0.4, 0.5) is 5.82 Å². The van der Waals surface area contributed by atoms with Gasteiger partial charge < -0.3 is 10.2 Å². The molecule has 1 aliphatic rings. The number of rotatable bonds is 8. The SMILES string of the molecule is CCCCN(c1ncc(CNCC)cc1Cl)C1CC1. The van der Waals surface area contributed by atoms with Gasteiger partial charge in [-0.3, -0.25) is 0 Å². The molecule has 0 aromatic carbocycles. The topological polar surface area (TPSA) is 28.2 Å². The second kappa shape index (κ2) is 7.11. The highest BCUT2D eigenvalue weighted by Crippen LogP contribution is 2.34. The Morgan fingerprint density at radius 3 is 2.79 bits per heavy atom. The first-order valence-electron chi connectivity index (χ1n) is 7.38. The molecule has 1 aromatic rings. The molecular weight excluding hydrogens is 258 g/mol.